The van der Waals surface area contributed by atoms with E-state index in [1.807, 2.05) is 42.5 Å². The van der Waals surface area contributed by atoms with Crippen molar-refractivity contribution in [3.8, 4) is 0 Å². The fraction of sp³-hybridized carbons (Fsp3) is 0.278. The largest absolute Gasteiger partial charge is 0.481 e. The highest BCUT2D eigenvalue weighted by molar-refractivity contribution is 5.81. The zero-order valence-corrected chi connectivity index (χ0v) is 12.1. The van der Waals surface area contributed by atoms with Crippen LogP contribution in [0.15, 0.2) is 54.6 Å². The van der Waals surface area contributed by atoms with E-state index in [4.69, 9.17) is 0 Å². The Balaban J connectivity index is 2.30. The molecule has 0 fully saturated rings. The van der Waals surface area contributed by atoms with Gasteiger partial charge in [0.25, 0.3) is 0 Å². The number of aryl methyl sites for hydroxylation is 1. The van der Waals surface area contributed by atoms with Crippen LogP contribution in [0.1, 0.15) is 30.0 Å². The van der Waals surface area contributed by atoms with Crippen molar-refractivity contribution in [1.82, 2.24) is 0 Å². The van der Waals surface area contributed by atoms with Crippen LogP contribution in [0, 0.1) is 0 Å². The second kappa shape index (κ2) is 6.55. The van der Waals surface area contributed by atoms with Crippen LogP contribution in [0.4, 0.5) is 0 Å². The molecule has 3 nitrogen and oxygen atoms in total. The van der Waals surface area contributed by atoms with Crippen molar-refractivity contribution in [2.24, 2.45) is 0 Å². The first-order valence-corrected chi connectivity index (χ1v) is 7.04. The van der Waals surface area contributed by atoms with Crippen molar-refractivity contribution in [3.05, 3.63) is 71.3 Å². The third-order valence-corrected chi connectivity index (χ3v) is 4.01. The lowest BCUT2D eigenvalue weighted by Gasteiger charge is -2.27. The maximum absolute atomic E-state index is 11.8. The Bertz CT molecular complexity index is 607. The zero-order chi connectivity index (χ0) is 15.3. The van der Waals surface area contributed by atoms with Gasteiger partial charge in [-0.2, -0.15) is 0 Å². The molecule has 3 heteroatoms. The number of rotatable bonds is 6. The highest BCUT2D eigenvalue weighted by Gasteiger charge is 2.36. The molecule has 110 valence electrons. The molecule has 0 aromatic heterocycles. The van der Waals surface area contributed by atoms with E-state index in [-0.39, 0.29) is 6.61 Å². The number of carbonyl (C=O) groups is 1. The minimum atomic E-state index is -1.00. The van der Waals surface area contributed by atoms with Crippen LogP contribution in [-0.2, 0) is 23.2 Å². The van der Waals surface area contributed by atoms with Gasteiger partial charge in [0.15, 0.2) is 0 Å². The Labute approximate surface area is 124 Å². The third-order valence-electron chi connectivity index (χ3n) is 4.01. The lowest BCUT2D eigenvalue weighted by Crippen LogP contribution is -2.34. The van der Waals surface area contributed by atoms with Crippen molar-refractivity contribution in [1.29, 1.82) is 0 Å². The molecule has 21 heavy (non-hydrogen) atoms. The van der Waals surface area contributed by atoms with Crippen molar-refractivity contribution < 1.29 is 15.0 Å². The Hall–Kier alpha value is -2.13. The van der Waals surface area contributed by atoms with Gasteiger partial charge in [-0.05, 0) is 36.5 Å². The van der Waals surface area contributed by atoms with Crippen molar-refractivity contribution >= 4 is 5.97 Å². The van der Waals surface area contributed by atoms with Gasteiger partial charge in [0.2, 0.25) is 0 Å². The van der Waals surface area contributed by atoms with E-state index in [0.29, 0.717) is 24.0 Å². The van der Waals surface area contributed by atoms with E-state index in [1.165, 1.54) is 0 Å². The van der Waals surface area contributed by atoms with Gasteiger partial charge in [0.1, 0.15) is 0 Å². The molecule has 0 saturated carbocycles. The Morgan fingerprint density at radius 1 is 1.05 bits per heavy atom. The van der Waals surface area contributed by atoms with Crippen LogP contribution in [0.5, 0.6) is 0 Å². The van der Waals surface area contributed by atoms with E-state index < -0.39 is 11.4 Å². The van der Waals surface area contributed by atoms with Crippen LogP contribution < -0.4 is 0 Å². The van der Waals surface area contributed by atoms with Gasteiger partial charge in [-0.25, -0.2) is 0 Å². The van der Waals surface area contributed by atoms with Gasteiger partial charge in [0.05, 0.1) is 12.0 Å². The topological polar surface area (TPSA) is 57.5 Å². The summed E-state index contributed by atoms with van der Waals surface area (Å²) in [4.78, 5) is 11.8. The monoisotopic (exact) mass is 284 g/mol. The standard InChI is InChI=1S/C18H20O3/c1-18(17(20)21,12-11-14-7-3-2-4-8-14)16-10-6-5-9-15(16)13-19/h2-10,19H,11-13H2,1H3,(H,20,21). The second-order valence-electron chi connectivity index (χ2n) is 5.44. The number of carboxylic acids is 1. The first-order valence-electron chi connectivity index (χ1n) is 7.04. The summed E-state index contributed by atoms with van der Waals surface area (Å²) in [5.41, 5.74) is 1.48. The third kappa shape index (κ3) is 3.31. The lowest BCUT2D eigenvalue weighted by molar-refractivity contribution is -0.143. The number of hydrogen-bond donors (Lipinski definition) is 2. The van der Waals surface area contributed by atoms with Gasteiger partial charge in [0, 0.05) is 0 Å². The summed E-state index contributed by atoms with van der Waals surface area (Å²) >= 11 is 0. The Morgan fingerprint density at radius 3 is 2.29 bits per heavy atom. The number of carboxylic acid groups (broad SMARTS) is 1. The summed E-state index contributed by atoms with van der Waals surface area (Å²) in [6.07, 6.45) is 1.17. The fourth-order valence-corrected chi connectivity index (χ4v) is 2.59. The smallest absolute Gasteiger partial charge is 0.313 e. The number of aliphatic hydroxyl groups excluding tert-OH is 1. The SMILES string of the molecule is CC(CCc1ccccc1)(C(=O)O)c1ccccc1CO. The molecule has 2 aromatic carbocycles. The summed E-state index contributed by atoms with van der Waals surface area (Å²) in [5.74, 6) is -0.862. The molecule has 0 spiro atoms. The molecule has 0 aliphatic rings. The summed E-state index contributed by atoms with van der Waals surface area (Å²) in [7, 11) is 0. The normalized spacial score (nSPS) is 13.6. The molecule has 0 aliphatic heterocycles. The molecule has 0 saturated heterocycles. The summed E-state index contributed by atoms with van der Waals surface area (Å²) in [6.45, 7) is 1.58. The first-order chi connectivity index (χ1) is 10.1. The molecule has 1 unspecified atom stereocenters. The number of benzene rings is 2. The summed E-state index contributed by atoms with van der Waals surface area (Å²) < 4.78 is 0. The Morgan fingerprint density at radius 2 is 1.67 bits per heavy atom. The minimum absolute atomic E-state index is 0.148. The van der Waals surface area contributed by atoms with Crippen LogP contribution in [0.25, 0.3) is 0 Å². The predicted octanol–water partition coefficient (Wildman–Crippen LogP) is 3.15. The molecule has 0 amide bonds. The lowest BCUT2D eigenvalue weighted by atomic mass is 9.76. The molecule has 0 bridgehead atoms. The molecule has 2 N–H and O–H groups in total. The molecular formula is C18H20O3. The average Bonchev–Trinajstić information content (AvgIpc) is 2.53. The number of aliphatic carboxylic acids is 1. The van der Waals surface area contributed by atoms with Gasteiger partial charge < -0.3 is 10.2 Å². The molecule has 2 rings (SSSR count). The Kier molecular flexibility index (Phi) is 4.76. The first kappa shape index (κ1) is 15.3. The maximum Gasteiger partial charge on any atom is 0.313 e. The van der Waals surface area contributed by atoms with E-state index >= 15 is 0 Å². The van der Waals surface area contributed by atoms with Crippen molar-refractivity contribution in [3.63, 3.8) is 0 Å². The summed E-state index contributed by atoms with van der Waals surface area (Å²) in [5, 5.41) is 19.2. The highest BCUT2D eigenvalue weighted by Crippen LogP contribution is 2.32. The van der Waals surface area contributed by atoms with Crippen LogP contribution in [-0.4, -0.2) is 16.2 Å². The van der Waals surface area contributed by atoms with E-state index in [1.54, 1.807) is 19.1 Å². The summed E-state index contributed by atoms with van der Waals surface area (Å²) in [6, 6.07) is 17.1. The van der Waals surface area contributed by atoms with E-state index in [0.717, 1.165) is 5.56 Å². The molecule has 0 aliphatic carbocycles. The van der Waals surface area contributed by atoms with Crippen LogP contribution in [0.2, 0.25) is 0 Å². The molecule has 0 radical (unpaired) electrons. The van der Waals surface area contributed by atoms with Gasteiger partial charge in [-0.15, -0.1) is 0 Å². The zero-order valence-electron chi connectivity index (χ0n) is 12.1. The highest BCUT2D eigenvalue weighted by atomic mass is 16.4. The van der Waals surface area contributed by atoms with Gasteiger partial charge >= 0.3 is 5.97 Å². The minimum Gasteiger partial charge on any atom is -0.481 e. The quantitative estimate of drug-likeness (QED) is 0.856. The second-order valence-corrected chi connectivity index (χ2v) is 5.44. The van der Waals surface area contributed by atoms with E-state index in [2.05, 4.69) is 0 Å². The van der Waals surface area contributed by atoms with Gasteiger partial charge in [-0.3, -0.25) is 4.79 Å². The molecule has 1 atom stereocenters. The molecular weight excluding hydrogens is 264 g/mol. The average molecular weight is 284 g/mol. The van der Waals surface area contributed by atoms with E-state index in [9.17, 15) is 15.0 Å². The van der Waals surface area contributed by atoms with Crippen molar-refractivity contribution in [2.75, 3.05) is 0 Å². The van der Waals surface area contributed by atoms with Crippen LogP contribution >= 0.6 is 0 Å². The molecule has 2 aromatic rings. The van der Waals surface area contributed by atoms with Gasteiger partial charge in [-0.1, -0.05) is 54.6 Å². The fourth-order valence-electron chi connectivity index (χ4n) is 2.59. The number of hydrogen-bond acceptors (Lipinski definition) is 2. The maximum atomic E-state index is 11.8. The predicted molar refractivity (Wildman–Crippen MR) is 82.1 cm³/mol. The van der Waals surface area contributed by atoms with Crippen LogP contribution in [0.3, 0.4) is 0 Å². The number of aliphatic hydroxyl groups is 1. The molecule has 0 heterocycles. The van der Waals surface area contributed by atoms with Crippen molar-refractivity contribution in [2.45, 2.75) is 31.8 Å².